The number of allylic oxidation sites excluding steroid dienone is 1. The Morgan fingerprint density at radius 1 is 1.46 bits per heavy atom. The molecular formula is C12H14O. The number of benzene rings is 1. The zero-order chi connectivity index (χ0) is 9.68. The van der Waals surface area contributed by atoms with Crippen molar-refractivity contribution >= 4 is 5.78 Å². The number of hydrogen-bond acceptors (Lipinski definition) is 1. The van der Waals surface area contributed by atoms with Gasteiger partial charge >= 0.3 is 0 Å². The minimum atomic E-state index is 0.206. The molecule has 0 bridgehead atoms. The molecule has 0 spiro atoms. The van der Waals surface area contributed by atoms with Crippen LogP contribution in [0.15, 0.2) is 36.9 Å². The van der Waals surface area contributed by atoms with Crippen LogP contribution in [0, 0.1) is 6.92 Å². The van der Waals surface area contributed by atoms with Gasteiger partial charge in [0.2, 0.25) is 0 Å². The monoisotopic (exact) mass is 174 g/mol. The zero-order valence-corrected chi connectivity index (χ0v) is 7.92. The van der Waals surface area contributed by atoms with E-state index in [2.05, 4.69) is 6.58 Å². The third-order valence-corrected chi connectivity index (χ3v) is 2.02. The van der Waals surface area contributed by atoms with Crippen LogP contribution in [-0.4, -0.2) is 5.78 Å². The average Bonchev–Trinajstić information content (AvgIpc) is 2.15. The number of hydrogen-bond donors (Lipinski definition) is 0. The first-order valence-corrected chi connectivity index (χ1v) is 4.45. The van der Waals surface area contributed by atoms with E-state index < -0.39 is 0 Å². The highest BCUT2D eigenvalue weighted by Gasteiger charge is 2.05. The van der Waals surface area contributed by atoms with Gasteiger partial charge in [-0.15, -0.1) is 6.58 Å². The second-order valence-corrected chi connectivity index (χ2v) is 3.07. The molecule has 0 aliphatic heterocycles. The highest BCUT2D eigenvalue weighted by molar-refractivity contribution is 5.97. The minimum Gasteiger partial charge on any atom is -0.294 e. The molecule has 0 heterocycles. The summed E-state index contributed by atoms with van der Waals surface area (Å²) in [6.45, 7) is 5.56. The molecule has 0 N–H and O–H groups in total. The van der Waals surface area contributed by atoms with E-state index in [1.807, 2.05) is 31.2 Å². The van der Waals surface area contributed by atoms with Crippen LogP contribution in [-0.2, 0) is 0 Å². The summed E-state index contributed by atoms with van der Waals surface area (Å²) in [5.41, 5.74) is 1.89. The Morgan fingerprint density at radius 3 is 2.77 bits per heavy atom. The van der Waals surface area contributed by atoms with Gasteiger partial charge in [0.1, 0.15) is 0 Å². The Kier molecular flexibility index (Phi) is 3.44. The third kappa shape index (κ3) is 2.55. The summed E-state index contributed by atoms with van der Waals surface area (Å²) in [7, 11) is 0. The molecule has 0 aliphatic rings. The van der Waals surface area contributed by atoms with Crippen molar-refractivity contribution in [3.63, 3.8) is 0 Å². The van der Waals surface area contributed by atoms with Gasteiger partial charge in [-0.25, -0.2) is 0 Å². The van der Waals surface area contributed by atoms with Gasteiger partial charge in [0.05, 0.1) is 0 Å². The molecular weight excluding hydrogens is 160 g/mol. The summed E-state index contributed by atoms with van der Waals surface area (Å²) in [4.78, 5) is 11.6. The summed E-state index contributed by atoms with van der Waals surface area (Å²) in [5.74, 6) is 0.206. The Bertz CT molecular complexity index is 313. The molecule has 0 saturated carbocycles. The number of aryl methyl sites for hydroxylation is 1. The van der Waals surface area contributed by atoms with E-state index in [1.54, 1.807) is 6.08 Å². The molecule has 0 saturated heterocycles. The molecule has 1 rings (SSSR count). The fourth-order valence-corrected chi connectivity index (χ4v) is 1.25. The van der Waals surface area contributed by atoms with Gasteiger partial charge in [0.15, 0.2) is 5.78 Å². The van der Waals surface area contributed by atoms with Crippen LogP contribution in [0.5, 0.6) is 0 Å². The summed E-state index contributed by atoms with van der Waals surface area (Å²) in [5, 5.41) is 0. The second-order valence-electron chi connectivity index (χ2n) is 3.07. The normalized spacial score (nSPS) is 9.62. The standard InChI is InChI=1S/C12H14O/c1-3-4-9-12(13)11-8-6-5-7-10(11)2/h3,5-8H,1,4,9H2,2H3. The van der Waals surface area contributed by atoms with Crippen LogP contribution in [0.3, 0.4) is 0 Å². The molecule has 68 valence electrons. The molecule has 1 nitrogen and oxygen atoms in total. The topological polar surface area (TPSA) is 17.1 Å². The van der Waals surface area contributed by atoms with Crippen LogP contribution < -0.4 is 0 Å². The van der Waals surface area contributed by atoms with Crippen LogP contribution in [0.1, 0.15) is 28.8 Å². The van der Waals surface area contributed by atoms with Crippen molar-refractivity contribution in [2.24, 2.45) is 0 Å². The predicted molar refractivity (Wildman–Crippen MR) is 54.9 cm³/mol. The summed E-state index contributed by atoms with van der Waals surface area (Å²) in [6, 6.07) is 7.68. The van der Waals surface area contributed by atoms with Gasteiger partial charge in [-0.3, -0.25) is 4.79 Å². The molecule has 0 amide bonds. The van der Waals surface area contributed by atoms with Crippen molar-refractivity contribution in [1.29, 1.82) is 0 Å². The lowest BCUT2D eigenvalue weighted by molar-refractivity contribution is 0.0983. The lowest BCUT2D eigenvalue weighted by atomic mass is 10.0. The molecule has 0 fully saturated rings. The number of carbonyl (C=O) groups is 1. The molecule has 1 aromatic carbocycles. The van der Waals surface area contributed by atoms with Crippen LogP contribution in [0.25, 0.3) is 0 Å². The Morgan fingerprint density at radius 2 is 2.15 bits per heavy atom. The molecule has 13 heavy (non-hydrogen) atoms. The summed E-state index contributed by atoms with van der Waals surface area (Å²) >= 11 is 0. The lowest BCUT2D eigenvalue weighted by Crippen LogP contribution is -2.00. The first-order chi connectivity index (χ1) is 6.25. The van der Waals surface area contributed by atoms with Crippen LogP contribution in [0.2, 0.25) is 0 Å². The fraction of sp³-hybridized carbons (Fsp3) is 0.250. The van der Waals surface area contributed by atoms with Gasteiger partial charge in [0.25, 0.3) is 0 Å². The second kappa shape index (κ2) is 4.61. The Balaban J connectivity index is 2.76. The minimum absolute atomic E-state index is 0.206. The Hall–Kier alpha value is -1.37. The van der Waals surface area contributed by atoms with Crippen molar-refractivity contribution in [3.05, 3.63) is 48.0 Å². The van der Waals surface area contributed by atoms with Gasteiger partial charge in [0, 0.05) is 12.0 Å². The van der Waals surface area contributed by atoms with E-state index in [0.29, 0.717) is 6.42 Å². The number of carbonyl (C=O) groups excluding carboxylic acids is 1. The van der Waals surface area contributed by atoms with E-state index in [9.17, 15) is 4.79 Å². The van der Waals surface area contributed by atoms with Gasteiger partial charge in [-0.2, -0.15) is 0 Å². The van der Waals surface area contributed by atoms with Crippen LogP contribution >= 0.6 is 0 Å². The van der Waals surface area contributed by atoms with E-state index in [1.165, 1.54) is 0 Å². The molecule has 0 aromatic heterocycles. The van der Waals surface area contributed by atoms with E-state index >= 15 is 0 Å². The maximum Gasteiger partial charge on any atom is 0.163 e. The maximum absolute atomic E-state index is 11.6. The summed E-state index contributed by atoms with van der Waals surface area (Å²) < 4.78 is 0. The van der Waals surface area contributed by atoms with Gasteiger partial charge in [-0.1, -0.05) is 30.3 Å². The predicted octanol–water partition coefficient (Wildman–Crippen LogP) is 3.14. The first kappa shape index (κ1) is 9.72. The van der Waals surface area contributed by atoms with E-state index in [4.69, 9.17) is 0 Å². The smallest absolute Gasteiger partial charge is 0.163 e. The molecule has 0 radical (unpaired) electrons. The zero-order valence-electron chi connectivity index (χ0n) is 7.92. The molecule has 0 atom stereocenters. The number of rotatable bonds is 4. The molecule has 1 aromatic rings. The summed E-state index contributed by atoms with van der Waals surface area (Å²) in [6.07, 6.45) is 3.09. The third-order valence-electron chi connectivity index (χ3n) is 2.02. The average molecular weight is 174 g/mol. The molecule has 0 unspecified atom stereocenters. The van der Waals surface area contributed by atoms with Crippen LogP contribution in [0.4, 0.5) is 0 Å². The fourth-order valence-electron chi connectivity index (χ4n) is 1.25. The van der Waals surface area contributed by atoms with Gasteiger partial charge < -0.3 is 0 Å². The van der Waals surface area contributed by atoms with E-state index in [0.717, 1.165) is 17.5 Å². The molecule has 1 heteroatoms. The van der Waals surface area contributed by atoms with Crippen molar-refractivity contribution in [3.8, 4) is 0 Å². The van der Waals surface area contributed by atoms with Gasteiger partial charge in [-0.05, 0) is 18.9 Å². The maximum atomic E-state index is 11.6. The van der Waals surface area contributed by atoms with Crippen molar-refractivity contribution in [2.45, 2.75) is 19.8 Å². The Labute approximate surface area is 79.1 Å². The quantitative estimate of drug-likeness (QED) is 0.506. The van der Waals surface area contributed by atoms with E-state index in [-0.39, 0.29) is 5.78 Å². The highest BCUT2D eigenvalue weighted by atomic mass is 16.1. The highest BCUT2D eigenvalue weighted by Crippen LogP contribution is 2.10. The van der Waals surface area contributed by atoms with Crippen molar-refractivity contribution < 1.29 is 4.79 Å². The first-order valence-electron chi connectivity index (χ1n) is 4.45. The number of ketones is 1. The van der Waals surface area contributed by atoms with Crippen molar-refractivity contribution in [2.75, 3.05) is 0 Å². The lowest BCUT2D eigenvalue weighted by Gasteiger charge is -2.02. The largest absolute Gasteiger partial charge is 0.294 e. The van der Waals surface area contributed by atoms with Crippen molar-refractivity contribution in [1.82, 2.24) is 0 Å². The number of Topliss-reactive ketones (excluding diaryl/α,β-unsaturated/α-hetero) is 1. The SMILES string of the molecule is C=CCCC(=O)c1ccccc1C. The molecule has 0 aliphatic carbocycles.